The topological polar surface area (TPSA) is 49.3 Å². The van der Waals surface area contributed by atoms with E-state index in [0.29, 0.717) is 0 Å². The molecule has 0 aliphatic heterocycles. The summed E-state index contributed by atoms with van der Waals surface area (Å²) in [6, 6.07) is 2.07. The van der Waals surface area contributed by atoms with Gasteiger partial charge in [-0.3, -0.25) is 4.79 Å². The van der Waals surface area contributed by atoms with Crippen molar-refractivity contribution in [3.8, 4) is 0 Å². The number of rotatable bonds is 6. The summed E-state index contributed by atoms with van der Waals surface area (Å²) in [7, 11) is 0. The van der Waals surface area contributed by atoms with E-state index in [-0.39, 0.29) is 12.5 Å². The molecule has 0 aromatic carbocycles. The zero-order valence-electron chi connectivity index (χ0n) is 13.4. The maximum absolute atomic E-state index is 12.5. The summed E-state index contributed by atoms with van der Waals surface area (Å²) in [6.07, 6.45) is 6.18. The first-order valence-corrected chi connectivity index (χ1v) is 8.94. The van der Waals surface area contributed by atoms with Gasteiger partial charge in [0.15, 0.2) is 0 Å². The van der Waals surface area contributed by atoms with E-state index in [0.717, 1.165) is 36.5 Å². The minimum Gasteiger partial charge on any atom is -0.394 e. The van der Waals surface area contributed by atoms with Crippen LogP contribution in [0.1, 0.15) is 66.6 Å². The van der Waals surface area contributed by atoms with Crippen LogP contribution in [0.4, 0.5) is 0 Å². The highest BCUT2D eigenvalue weighted by molar-refractivity contribution is 7.14. The lowest BCUT2D eigenvalue weighted by atomic mass is 9.87. The molecule has 1 aliphatic rings. The number of fused-ring (bicyclic) bond motifs is 1. The van der Waals surface area contributed by atoms with Crippen molar-refractivity contribution < 1.29 is 9.90 Å². The third-order valence-electron chi connectivity index (χ3n) is 5.02. The molecule has 1 atom stereocenters. The van der Waals surface area contributed by atoms with Crippen molar-refractivity contribution in [3.63, 3.8) is 0 Å². The predicted octanol–water partition coefficient (Wildman–Crippen LogP) is 3.54. The van der Waals surface area contributed by atoms with Crippen molar-refractivity contribution in [2.75, 3.05) is 6.61 Å². The van der Waals surface area contributed by atoms with E-state index in [9.17, 15) is 9.90 Å². The fourth-order valence-electron chi connectivity index (χ4n) is 3.05. The Morgan fingerprint density at radius 3 is 2.71 bits per heavy atom. The van der Waals surface area contributed by atoms with Crippen LogP contribution in [0.25, 0.3) is 0 Å². The summed E-state index contributed by atoms with van der Waals surface area (Å²) in [5.74, 6) is 0.742. The number of carbonyl (C=O) groups is 1. The molecule has 0 saturated heterocycles. The lowest BCUT2D eigenvalue weighted by Crippen LogP contribution is -2.50. The van der Waals surface area contributed by atoms with Crippen molar-refractivity contribution >= 4 is 17.2 Å². The maximum atomic E-state index is 12.5. The first-order valence-electron chi connectivity index (χ1n) is 8.12. The number of aliphatic hydroxyl groups is 1. The van der Waals surface area contributed by atoms with Gasteiger partial charge >= 0.3 is 0 Å². The summed E-state index contributed by atoms with van der Waals surface area (Å²) in [5, 5.41) is 12.6. The zero-order valence-corrected chi connectivity index (χ0v) is 14.2. The molecular weight excluding hydrogens is 282 g/mol. The number of amides is 1. The van der Waals surface area contributed by atoms with E-state index >= 15 is 0 Å². The van der Waals surface area contributed by atoms with E-state index in [2.05, 4.69) is 18.3 Å². The van der Waals surface area contributed by atoms with Gasteiger partial charge in [-0.25, -0.2) is 0 Å². The third-order valence-corrected chi connectivity index (χ3v) is 6.26. The standard InChI is InChI=1S/C17H27NO2S/c1-4-12-7-8-14-13(9-12)10-15(21-14)16(20)18-17(5-2,6-3)11-19/h10,12,19H,4-9,11H2,1-3H3,(H,18,20). The van der Waals surface area contributed by atoms with Crippen molar-refractivity contribution in [2.24, 2.45) is 5.92 Å². The van der Waals surface area contributed by atoms with E-state index in [1.54, 1.807) is 11.3 Å². The molecule has 0 spiro atoms. The molecule has 21 heavy (non-hydrogen) atoms. The highest BCUT2D eigenvalue weighted by Gasteiger charge is 2.29. The number of hydrogen-bond acceptors (Lipinski definition) is 3. The van der Waals surface area contributed by atoms with E-state index in [1.165, 1.54) is 23.3 Å². The minimum atomic E-state index is -0.479. The molecule has 1 aliphatic carbocycles. The maximum Gasteiger partial charge on any atom is 0.261 e. The van der Waals surface area contributed by atoms with Crippen molar-refractivity contribution in [1.82, 2.24) is 5.32 Å². The average Bonchev–Trinajstić information content (AvgIpc) is 2.95. The molecule has 0 radical (unpaired) electrons. The first kappa shape index (κ1) is 16.5. The van der Waals surface area contributed by atoms with Crippen LogP contribution in [0.3, 0.4) is 0 Å². The third kappa shape index (κ3) is 3.49. The average molecular weight is 309 g/mol. The fourth-order valence-corrected chi connectivity index (χ4v) is 4.16. The van der Waals surface area contributed by atoms with Crippen LogP contribution >= 0.6 is 11.3 Å². The van der Waals surface area contributed by atoms with Crippen molar-refractivity contribution in [3.05, 3.63) is 21.4 Å². The smallest absolute Gasteiger partial charge is 0.261 e. The second-order valence-corrected chi connectivity index (χ2v) is 7.31. The minimum absolute atomic E-state index is 0.00522. The predicted molar refractivity (Wildman–Crippen MR) is 88.0 cm³/mol. The van der Waals surface area contributed by atoms with Gasteiger partial charge in [-0.05, 0) is 49.7 Å². The quantitative estimate of drug-likeness (QED) is 0.844. The van der Waals surface area contributed by atoms with Crippen LogP contribution in [0.2, 0.25) is 0 Å². The molecular formula is C17H27NO2S. The Morgan fingerprint density at radius 2 is 2.14 bits per heavy atom. The number of thiophene rings is 1. The molecule has 0 saturated carbocycles. The molecule has 3 nitrogen and oxygen atoms in total. The van der Waals surface area contributed by atoms with Gasteiger partial charge in [0.1, 0.15) is 0 Å². The number of carbonyl (C=O) groups excluding carboxylic acids is 1. The van der Waals surface area contributed by atoms with Crippen LogP contribution in [-0.4, -0.2) is 23.2 Å². The van der Waals surface area contributed by atoms with Gasteiger partial charge in [0, 0.05) is 4.88 Å². The Bertz CT molecular complexity index is 483. The Morgan fingerprint density at radius 1 is 1.43 bits per heavy atom. The second kappa shape index (κ2) is 6.93. The SMILES string of the molecule is CCC1CCc2sc(C(=O)NC(CC)(CC)CO)cc2C1. The van der Waals surface area contributed by atoms with Gasteiger partial charge in [0.2, 0.25) is 0 Å². The van der Waals surface area contributed by atoms with Gasteiger partial charge in [0.05, 0.1) is 17.0 Å². The monoisotopic (exact) mass is 309 g/mol. The summed E-state index contributed by atoms with van der Waals surface area (Å²) in [4.78, 5) is 14.7. The molecule has 2 rings (SSSR count). The largest absolute Gasteiger partial charge is 0.394 e. The molecule has 1 amide bonds. The molecule has 0 fully saturated rings. The van der Waals surface area contributed by atoms with E-state index < -0.39 is 5.54 Å². The van der Waals surface area contributed by atoms with Crippen LogP contribution in [0.5, 0.6) is 0 Å². The van der Waals surface area contributed by atoms with Crippen LogP contribution < -0.4 is 5.32 Å². The van der Waals surface area contributed by atoms with E-state index in [4.69, 9.17) is 0 Å². The molecule has 0 bridgehead atoms. The molecule has 2 N–H and O–H groups in total. The number of aliphatic hydroxyl groups excluding tert-OH is 1. The first-order chi connectivity index (χ1) is 10.1. The van der Waals surface area contributed by atoms with Gasteiger partial charge in [0.25, 0.3) is 5.91 Å². The lowest BCUT2D eigenvalue weighted by Gasteiger charge is -2.30. The number of hydrogen-bond donors (Lipinski definition) is 2. The van der Waals surface area contributed by atoms with Crippen LogP contribution in [-0.2, 0) is 12.8 Å². The van der Waals surface area contributed by atoms with Crippen molar-refractivity contribution in [2.45, 2.75) is 64.8 Å². The normalized spacial score (nSPS) is 18.4. The van der Waals surface area contributed by atoms with Gasteiger partial charge < -0.3 is 10.4 Å². The van der Waals surface area contributed by atoms with Gasteiger partial charge in [-0.15, -0.1) is 11.3 Å². The molecule has 4 heteroatoms. The molecule has 1 aromatic rings. The number of nitrogens with one attached hydrogen (secondary N) is 1. The summed E-state index contributed by atoms with van der Waals surface area (Å²) >= 11 is 1.63. The molecule has 1 heterocycles. The summed E-state index contributed by atoms with van der Waals surface area (Å²) in [6.45, 7) is 6.25. The Kier molecular flexibility index (Phi) is 5.44. The Hall–Kier alpha value is -0.870. The van der Waals surface area contributed by atoms with Crippen molar-refractivity contribution in [1.29, 1.82) is 0 Å². The van der Waals surface area contributed by atoms with Crippen LogP contribution in [0.15, 0.2) is 6.07 Å². The molecule has 1 aromatic heterocycles. The summed E-state index contributed by atoms with van der Waals surface area (Å²) in [5.41, 5.74) is 0.888. The van der Waals surface area contributed by atoms with E-state index in [1.807, 2.05) is 13.8 Å². The lowest BCUT2D eigenvalue weighted by molar-refractivity contribution is 0.0822. The zero-order chi connectivity index (χ0) is 15.5. The second-order valence-electron chi connectivity index (χ2n) is 6.18. The van der Waals surface area contributed by atoms with Crippen LogP contribution in [0, 0.1) is 5.92 Å². The highest BCUT2D eigenvalue weighted by Crippen LogP contribution is 2.33. The highest BCUT2D eigenvalue weighted by atomic mass is 32.1. The van der Waals surface area contributed by atoms with Gasteiger partial charge in [-0.2, -0.15) is 0 Å². The summed E-state index contributed by atoms with van der Waals surface area (Å²) < 4.78 is 0. The Balaban J connectivity index is 2.12. The fraction of sp³-hybridized carbons (Fsp3) is 0.706. The number of aryl methyl sites for hydroxylation is 1. The van der Waals surface area contributed by atoms with Gasteiger partial charge in [-0.1, -0.05) is 27.2 Å². The molecule has 118 valence electrons. The Labute approximate surface area is 131 Å². The molecule has 1 unspecified atom stereocenters.